The Balaban J connectivity index is 5.11. The minimum Gasteiger partial charge on any atom is -0.456 e. The van der Waals surface area contributed by atoms with Crippen molar-refractivity contribution in [2.45, 2.75) is 341 Å². The quantitative estimate of drug-likeness (QED) is 0.0205. The van der Waals surface area contributed by atoms with E-state index in [1.165, 1.54) is 231 Å². The molecule has 0 aromatic rings. The largest absolute Gasteiger partial charge is 0.472 e. The third-order valence-electron chi connectivity index (χ3n) is 15.1. The van der Waals surface area contributed by atoms with Crippen molar-refractivity contribution in [3.05, 3.63) is 36.5 Å². The smallest absolute Gasteiger partial charge is 0.456 e. The van der Waals surface area contributed by atoms with E-state index in [1.807, 2.05) is 33.3 Å². The average molecular weight is 1110 g/mol. The second-order valence-electron chi connectivity index (χ2n) is 24.0. The molecule has 0 radical (unpaired) electrons. The van der Waals surface area contributed by atoms with E-state index in [0.29, 0.717) is 23.9 Å². The molecule has 0 spiro atoms. The lowest BCUT2D eigenvalue weighted by Gasteiger charge is -2.27. The highest BCUT2D eigenvalue weighted by Crippen LogP contribution is 2.43. The van der Waals surface area contributed by atoms with Crippen LogP contribution in [-0.4, -0.2) is 74.3 Å². The highest BCUT2D eigenvalue weighted by Gasteiger charge is 2.30. The molecular formula is C67H130N2O7P+. The summed E-state index contributed by atoms with van der Waals surface area (Å²) in [6.45, 7) is 7.03. The van der Waals surface area contributed by atoms with Crippen LogP contribution in [0.3, 0.4) is 0 Å². The van der Waals surface area contributed by atoms with Gasteiger partial charge in [-0.15, -0.1) is 0 Å². The van der Waals surface area contributed by atoms with Crippen molar-refractivity contribution >= 4 is 19.7 Å². The third-order valence-corrected chi connectivity index (χ3v) is 16.1. The van der Waals surface area contributed by atoms with E-state index in [4.69, 9.17) is 13.8 Å². The molecule has 9 nitrogen and oxygen atoms in total. The summed E-state index contributed by atoms with van der Waals surface area (Å²) < 4.78 is 30.8. The first-order valence-electron chi connectivity index (χ1n) is 33.3. The van der Waals surface area contributed by atoms with Crippen molar-refractivity contribution in [1.82, 2.24) is 5.32 Å². The number of carbonyl (C=O) groups excluding carboxylic acids is 2. The van der Waals surface area contributed by atoms with E-state index in [-0.39, 0.29) is 25.1 Å². The Morgan fingerprint density at radius 3 is 1.19 bits per heavy atom. The third kappa shape index (κ3) is 58.7. The maximum Gasteiger partial charge on any atom is 0.472 e. The fourth-order valence-electron chi connectivity index (χ4n) is 9.91. The molecule has 1 amide bonds. The zero-order valence-corrected chi connectivity index (χ0v) is 52.9. The van der Waals surface area contributed by atoms with E-state index in [1.54, 1.807) is 0 Å². The van der Waals surface area contributed by atoms with Gasteiger partial charge in [-0.3, -0.25) is 18.6 Å². The summed E-state index contributed by atoms with van der Waals surface area (Å²) in [6.07, 6.45) is 70.0. The van der Waals surface area contributed by atoms with Crippen LogP contribution in [0, 0.1) is 0 Å². The van der Waals surface area contributed by atoms with E-state index in [0.717, 1.165) is 64.2 Å². The number of rotatable bonds is 61. The van der Waals surface area contributed by atoms with Crippen LogP contribution in [0.2, 0.25) is 0 Å². The minimum atomic E-state index is -4.45. The summed E-state index contributed by atoms with van der Waals surface area (Å²) >= 11 is 0. The number of likely N-dealkylation sites (N-methyl/N-ethyl adjacent to an activating group) is 1. The first-order chi connectivity index (χ1) is 37.4. The van der Waals surface area contributed by atoms with Crippen LogP contribution in [0.1, 0.15) is 329 Å². The van der Waals surface area contributed by atoms with E-state index in [2.05, 4.69) is 50.4 Å². The van der Waals surface area contributed by atoms with Crippen LogP contribution >= 0.6 is 7.82 Å². The monoisotopic (exact) mass is 1110 g/mol. The summed E-state index contributed by atoms with van der Waals surface area (Å²) in [5, 5.41) is 3.07. The number of allylic oxidation sites excluding steroid dienone is 5. The van der Waals surface area contributed by atoms with Crippen molar-refractivity contribution in [3.8, 4) is 0 Å². The number of phosphoric ester groups is 1. The van der Waals surface area contributed by atoms with Crippen molar-refractivity contribution < 1.29 is 37.3 Å². The maximum atomic E-state index is 13.6. The molecule has 10 heteroatoms. The van der Waals surface area contributed by atoms with Crippen molar-refractivity contribution in [2.75, 3.05) is 40.9 Å². The zero-order chi connectivity index (χ0) is 56.4. The van der Waals surface area contributed by atoms with Gasteiger partial charge in [0, 0.05) is 12.8 Å². The number of hydrogen-bond donors (Lipinski definition) is 2. The number of hydrogen-bond acceptors (Lipinski definition) is 6. The average Bonchev–Trinajstić information content (AvgIpc) is 3.39. The van der Waals surface area contributed by atoms with E-state index >= 15 is 0 Å². The summed E-state index contributed by atoms with van der Waals surface area (Å²) in [6, 6.07) is -0.844. The van der Waals surface area contributed by atoms with Crippen LogP contribution in [0.25, 0.3) is 0 Å². The molecule has 0 saturated heterocycles. The van der Waals surface area contributed by atoms with Crippen LogP contribution in [0.15, 0.2) is 36.5 Å². The molecule has 0 aromatic carbocycles. The number of unbranched alkanes of at least 4 members (excludes halogenated alkanes) is 41. The Bertz CT molecular complexity index is 1410. The van der Waals surface area contributed by atoms with Gasteiger partial charge in [-0.05, 0) is 63.9 Å². The van der Waals surface area contributed by atoms with Gasteiger partial charge in [0.25, 0.3) is 0 Å². The lowest BCUT2D eigenvalue weighted by Crippen LogP contribution is -2.47. The normalized spacial score (nSPS) is 13.8. The molecule has 0 aromatic heterocycles. The molecule has 3 unspecified atom stereocenters. The van der Waals surface area contributed by atoms with Gasteiger partial charge >= 0.3 is 13.8 Å². The molecule has 3 atom stereocenters. The van der Waals surface area contributed by atoms with Gasteiger partial charge in [0.2, 0.25) is 5.91 Å². The predicted molar refractivity (Wildman–Crippen MR) is 332 cm³/mol. The summed E-state index contributed by atoms with van der Waals surface area (Å²) in [7, 11) is 1.51. The second kappa shape index (κ2) is 57.5. The van der Waals surface area contributed by atoms with Crippen molar-refractivity contribution in [3.63, 3.8) is 0 Å². The van der Waals surface area contributed by atoms with E-state index < -0.39 is 20.0 Å². The molecule has 454 valence electrons. The molecule has 0 rings (SSSR count). The van der Waals surface area contributed by atoms with Crippen LogP contribution in [-0.2, 0) is 27.9 Å². The lowest BCUT2D eigenvalue weighted by atomic mass is 10.0. The minimum absolute atomic E-state index is 0.0432. The van der Waals surface area contributed by atoms with Crippen LogP contribution in [0.5, 0.6) is 0 Å². The van der Waals surface area contributed by atoms with Gasteiger partial charge in [-0.2, -0.15) is 0 Å². The number of nitrogens with one attached hydrogen (secondary N) is 1. The maximum absolute atomic E-state index is 13.6. The number of amides is 1. The van der Waals surface area contributed by atoms with Gasteiger partial charge in [0.15, 0.2) is 0 Å². The van der Waals surface area contributed by atoms with Gasteiger partial charge in [0.1, 0.15) is 19.3 Å². The number of carbonyl (C=O) groups is 2. The molecule has 0 heterocycles. The van der Waals surface area contributed by atoms with Gasteiger partial charge in [0.05, 0.1) is 33.8 Å². The Hall–Kier alpha value is -1.77. The molecule has 0 bridgehead atoms. The number of esters is 1. The highest BCUT2D eigenvalue weighted by molar-refractivity contribution is 7.47. The topological polar surface area (TPSA) is 111 Å². The number of phosphoric acid groups is 1. The predicted octanol–water partition coefficient (Wildman–Crippen LogP) is 20.7. The van der Waals surface area contributed by atoms with Gasteiger partial charge in [-0.25, -0.2) is 4.57 Å². The molecular weight excluding hydrogens is 976 g/mol. The standard InChI is InChI=1S/C67H129N2O7P/c1-7-10-13-16-19-22-25-28-30-32-33-34-35-36-37-38-40-42-45-48-51-54-57-60-67(71)76-65(58-55-52-49-46-43-27-24-21-18-15-12-9-3)64(63-75-77(72,73)74-62-61-69(4,5)6)68-66(70)59-56-53-50-47-44-41-39-31-29-26-23-20-17-14-11-8-2/h19,22,28,30,55,58,64-65H,7-18,20-21,23-27,29,31-54,56-57,59-63H2,1-6H3,(H-,68,70,72,73)/p+1/b22-19-,30-28-,58-55+. The molecule has 0 aliphatic heterocycles. The second-order valence-corrected chi connectivity index (χ2v) is 25.5. The summed E-state index contributed by atoms with van der Waals surface area (Å²) in [5.74, 6) is -0.489. The Kier molecular flexibility index (Phi) is 56.1. The Morgan fingerprint density at radius 1 is 0.455 bits per heavy atom. The number of quaternary nitrogens is 1. The van der Waals surface area contributed by atoms with Crippen molar-refractivity contribution in [1.29, 1.82) is 0 Å². The molecule has 0 fully saturated rings. The Labute approximate surface area is 478 Å². The van der Waals surface area contributed by atoms with E-state index in [9.17, 15) is 19.0 Å². The van der Waals surface area contributed by atoms with Crippen LogP contribution < -0.4 is 5.32 Å². The zero-order valence-electron chi connectivity index (χ0n) is 52.0. The molecule has 0 aliphatic rings. The van der Waals surface area contributed by atoms with Crippen molar-refractivity contribution in [2.24, 2.45) is 0 Å². The molecule has 0 saturated carbocycles. The number of ether oxygens (including phenoxy) is 1. The molecule has 77 heavy (non-hydrogen) atoms. The fourth-order valence-corrected chi connectivity index (χ4v) is 10.7. The van der Waals surface area contributed by atoms with Gasteiger partial charge in [-0.1, -0.05) is 289 Å². The first kappa shape index (κ1) is 75.2. The number of nitrogens with zero attached hydrogens (tertiary/aromatic N) is 1. The lowest BCUT2D eigenvalue weighted by molar-refractivity contribution is -0.870. The first-order valence-corrected chi connectivity index (χ1v) is 34.8. The van der Waals surface area contributed by atoms with Gasteiger partial charge < -0.3 is 19.4 Å². The summed E-state index contributed by atoms with van der Waals surface area (Å²) in [5.41, 5.74) is 0. The highest BCUT2D eigenvalue weighted by atomic mass is 31.2. The fraction of sp³-hybridized carbons (Fsp3) is 0.881. The molecule has 0 aliphatic carbocycles. The SMILES string of the molecule is CCCCC/C=C\C/C=C\CCCCCCCCCCCCCCCC(=O)OC(/C=C/CCCCCCCCCCCC)C(COP(=O)(O)OCC[N+](C)(C)C)NC(=O)CCCCCCCCCCCCCCCCCC. The molecule has 2 N–H and O–H groups in total. The Morgan fingerprint density at radius 2 is 0.792 bits per heavy atom. The summed E-state index contributed by atoms with van der Waals surface area (Å²) in [4.78, 5) is 37.8. The van der Waals surface area contributed by atoms with Crippen LogP contribution in [0.4, 0.5) is 0 Å².